The minimum atomic E-state index is -1.53. The van der Waals surface area contributed by atoms with Crippen molar-refractivity contribution < 1.29 is 28.3 Å². The molecule has 0 aromatic heterocycles. The van der Waals surface area contributed by atoms with E-state index in [1.807, 2.05) is 0 Å². The van der Waals surface area contributed by atoms with E-state index in [2.05, 4.69) is 0 Å². The lowest BCUT2D eigenvalue weighted by Crippen LogP contribution is -2.29. The van der Waals surface area contributed by atoms with Gasteiger partial charge < -0.3 is 19.5 Å². The van der Waals surface area contributed by atoms with Gasteiger partial charge in [-0.2, -0.15) is 0 Å². The van der Waals surface area contributed by atoms with Crippen LogP contribution in [0.5, 0.6) is 11.5 Å². The van der Waals surface area contributed by atoms with Crippen molar-refractivity contribution in [2.45, 2.75) is 0 Å². The normalized spacial score (nSPS) is 10.3. The van der Waals surface area contributed by atoms with Crippen LogP contribution in [0, 0.1) is 11.6 Å². The largest absolute Gasteiger partial charge is 0.490 e. The zero-order valence-electron chi connectivity index (χ0n) is 11.0. The van der Waals surface area contributed by atoms with Crippen LogP contribution in [0.15, 0.2) is 42.5 Å². The predicted octanol–water partition coefficient (Wildman–Crippen LogP) is 1.10. The highest BCUT2D eigenvalue weighted by Gasteiger charge is 2.10. The first-order valence-corrected chi connectivity index (χ1v) is 6.23. The molecule has 110 valence electrons. The van der Waals surface area contributed by atoms with Crippen LogP contribution in [0.3, 0.4) is 0 Å². The Hall–Kier alpha value is -2.12. The number of ether oxygens (including phenoxy) is 2. The van der Waals surface area contributed by atoms with Gasteiger partial charge in [-0.05, 0) is 29.7 Å². The van der Waals surface area contributed by atoms with Crippen molar-refractivity contribution in [3.8, 4) is 11.5 Å². The maximum Gasteiger partial charge on any atom is 0.488 e. The Bertz CT molecular complexity index is 590. The topological polar surface area (TPSA) is 58.9 Å². The Kier molecular flexibility index (Phi) is 5.13. The molecule has 21 heavy (non-hydrogen) atoms. The van der Waals surface area contributed by atoms with E-state index < -0.39 is 18.8 Å². The fraction of sp³-hybridized carbons (Fsp3) is 0.143. The van der Waals surface area contributed by atoms with E-state index in [0.717, 1.165) is 18.2 Å². The summed E-state index contributed by atoms with van der Waals surface area (Å²) in [6.45, 7) is 0.182. The molecule has 0 bridgehead atoms. The third-order valence-electron chi connectivity index (χ3n) is 2.68. The lowest BCUT2D eigenvalue weighted by atomic mass is 9.80. The van der Waals surface area contributed by atoms with Crippen molar-refractivity contribution in [1.29, 1.82) is 0 Å². The quantitative estimate of drug-likeness (QED) is 0.619. The Morgan fingerprint density at radius 2 is 1.57 bits per heavy atom. The monoisotopic (exact) mass is 294 g/mol. The van der Waals surface area contributed by atoms with Gasteiger partial charge in [0.1, 0.15) is 24.8 Å². The summed E-state index contributed by atoms with van der Waals surface area (Å²) >= 11 is 0. The molecule has 4 nitrogen and oxygen atoms in total. The summed E-state index contributed by atoms with van der Waals surface area (Å²) in [4.78, 5) is 0. The molecule has 0 aliphatic carbocycles. The SMILES string of the molecule is OB(O)c1ccc(OCCOc2cc(F)ccc2F)cc1. The van der Waals surface area contributed by atoms with E-state index in [9.17, 15) is 8.78 Å². The molecule has 0 radical (unpaired) electrons. The van der Waals surface area contributed by atoms with Crippen LogP contribution in [0.1, 0.15) is 0 Å². The Morgan fingerprint density at radius 3 is 2.24 bits per heavy atom. The van der Waals surface area contributed by atoms with Crippen molar-refractivity contribution in [1.82, 2.24) is 0 Å². The fourth-order valence-corrected chi connectivity index (χ4v) is 1.64. The van der Waals surface area contributed by atoms with E-state index in [1.165, 1.54) is 12.1 Å². The van der Waals surface area contributed by atoms with Gasteiger partial charge in [-0.25, -0.2) is 8.78 Å². The number of halogens is 2. The van der Waals surface area contributed by atoms with Crippen molar-refractivity contribution in [2.24, 2.45) is 0 Å². The molecule has 2 N–H and O–H groups in total. The van der Waals surface area contributed by atoms with Crippen molar-refractivity contribution in [3.63, 3.8) is 0 Å². The molecule has 2 rings (SSSR count). The van der Waals surface area contributed by atoms with Gasteiger partial charge in [0.2, 0.25) is 0 Å². The molecular formula is C14H13BF2O4. The van der Waals surface area contributed by atoms with E-state index in [4.69, 9.17) is 19.5 Å². The highest BCUT2D eigenvalue weighted by atomic mass is 19.1. The maximum atomic E-state index is 13.3. The molecule has 0 spiro atoms. The van der Waals surface area contributed by atoms with Gasteiger partial charge >= 0.3 is 7.12 Å². The molecule has 7 heteroatoms. The minimum Gasteiger partial charge on any atom is -0.490 e. The fourth-order valence-electron chi connectivity index (χ4n) is 1.64. The summed E-state index contributed by atoms with van der Waals surface area (Å²) in [6, 6.07) is 9.11. The molecular weight excluding hydrogens is 281 g/mol. The van der Waals surface area contributed by atoms with Crippen molar-refractivity contribution in [2.75, 3.05) is 13.2 Å². The second-order valence-electron chi connectivity index (χ2n) is 4.21. The van der Waals surface area contributed by atoms with Gasteiger partial charge in [-0.3, -0.25) is 0 Å². The van der Waals surface area contributed by atoms with E-state index >= 15 is 0 Å². The van der Waals surface area contributed by atoms with Gasteiger partial charge in [-0.1, -0.05) is 12.1 Å². The molecule has 0 saturated carbocycles. The second kappa shape index (κ2) is 7.05. The molecule has 0 heterocycles. The molecule has 0 amide bonds. The minimum absolute atomic E-state index is 0.0464. The lowest BCUT2D eigenvalue weighted by molar-refractivity contribution is 0.211. The van der Waals surface area contributed by atoms with Crippen LogP contribution >= 0.6 is 0 Å². The molecule has 0 unspecified atom stereocenters. The van der Waals surface area contributed by atoms with Crippen LogP contribution in [-0.2, 0) is 0 Å². The van der Waals surface area contributed by atoms with Gasteiger partial charge in [0.25, 0.3) is 0 Å². The van der Waals surface area contributed by atoms with Gasteiger partial charge in [-0.15, -0.1) is 0 Å². The average molecular weight is 294 g/mol. The van der Waals surface area contributed by atoms with Gasteiger partial charge in [0.15, 0.2) is 11.6 Å². The standard InChI is InChI=1S/C14H13BF2O4/c16-11-3-6-13(17)14(9-11)21-8-7-20-12-4-1-10(2-5-12)15(18)19/h1-6,9,18-19H,7-8H2. The molecule has 2 aromatic carbocycles. The third-order valence-corrected chi connectivity index (χ3v) is 2.68. The predicted molar refractivity (Wildman–Crippen MR) is 73.6 cm³/mol. The first-order valence-electron chi connectivity index (χ1n) is 6.23. The Morgan fingerprint density at radius 1 is 0.905 bits per heavy atom. The Balaban J connectivity index is 1.80. The van der Waals surface area contributed by atoms with Crippen LogP contribution < -0.4 is 14.9 Å². The Labute approximate surface area is 120 Å². The summed E-state index contributed by atoms with van der Waals surface area (Å²) in [5.74, 6) is -0.886. The molecule has 0 fully saturated rings. The first-order chi connectivity index (χ1) is 10.1. The van der Waals surface area contributed by atoms with Crippen LogP contribution in [0.2, 0.25) is 0 Å². The lowest BCUT2D eigenvalue weighted by Gasteiger charge is -2.09. The molecule has 0 aliphatic heterocycles. The second-order valence-corrected chi connectivity index (χ2v) is 4.21. The molecule has 0 atom stereocenters. The summed E-state index contributed by atoms with van der Waals surface area (Å²) in [6.07, 6.45) is 0. The summed E-state index contributed by atoms with van der Waals surface area (Å²) in [5, 5.41) is 17.9. The summed E-state index contributed by atoms with van der Waals surface area (Å²) in [7, 11) is -1.53. The summed E-state index contributed by atoms with van der Waals surface area (Å²) in [5.41, 5.74) is 0.348. The first kappa shape index (κ1) is 15.3. The van der Waals surface area contributed by atoms with Crippen LogP contribution in [0.25, 0.3) is 0 Å². The van der Waals surface area contributed by atoms with E-state index in [-0.39, 0.29) is 19.0 Å². The smallest absolute Gasteiger partial charge is 0.488 e. The third kappa shape index (κ3) is 4.44. The van der Waals surface area contributed by atoms with E-state index in [0.29, 0.717) is 11.2 Å². The number of hydrogen-bond donors (Lipinski definition) is 2. The molecule has 0 saturated heterocycles. The van der Waals surface area contributed by atoms with Gasteiger partial charge in [0.05, 0.1) is 0 Å². The number of hydrogen-bond acceptors (Lipinski definition) is 4. The van der Waals surface area contributed by atoms with Crippen molar-refractivity contribution in [3.05, 3.63) is 54.1 Å². The summed E-state index contributed by atoms with van der Waals surface area (Å²) < 4.78 is 36.6. The number of rotatable bonds is 6. The molecule has 2 aromatic rings. The van der Waals surface area contributed by atoms with Crippen LogP contribution in [-0.4, -0.2) is 30.4 Å². The highest BCUT2D eigenvalue weighted by Crippen LogP contribution is 2.17. The molecule has 0 aliphatic rings. The maximum absolute atomic E-state index is 13.3. The average Bonchev–Trinajstić information content (AvgIpc) is 2.47. The zero-order valence-corrected chi connectivity index (χ0v) is 11.0. The van der Waals surface area contributed by atoms with Crippen molar-refractivity contribution >= 4 is 12.6 Å². The van der Waals surface area contributed by atoms with E-state index in [1.54, 1.807) is 12.1 Å². The van der Waals surface area contributed by atoms with Crippen LogP contribution in [0.4, 0.5) is 8.78 Å². The van der Waals surface area contributed by atoms with Gasteiger partial charge in [0, 0.05) is 6.07 Å². The zero-order chi connectivity index (χ0) is 15.2. The highest BCUT2D eigenvalue weighted by molar-refractivity contribution is 6.58. The number of benzene rings is 2.